The molecule has 2 saturated heterocycles. The van der Waals surface area contributed by atoms with E-state index in [2.05, 4.69) is 18.2 Å². The number of halogens is 2. The summed E-state index contributed by atoms with van der Waals surface area (Å²) in [6, 6.07) is 7.31. The third-order valence-corrected chi connectivity index (χ3v) is 10.4. The van der Waals surface area contributed by atoms with Crippen LogP contribution < -0.4 is 20.9 Å². The highest BCUT2D eigenvalue weighted by atomic mass is 31.2. The molecule has 2 fully saturated rings. The fourth-order valence-electron chi connectivity index (χ4n) is 5.74. The van der Waals surface area contributed by atoms with Crippen molar-refractivity contribution in [1.29, 1.82) is 0 Å². The van der Waals surface area contributed by atoms with Crippen molar-refractivity contribution >= 4 is 25.4 Å². The molecule has 20 nitrogen and oxygen atoms in total. The number of ether oxygens (including phenoxy) is 3. The summed E-state index contributed by atoms with van der Waals surface area (Å²) in [5.41, 5.74) is -6.75. The summed E-state index contributed by atoms with van der Waals surface area (Å²) in [5, 5.41) is 53.0. The number of H-pyrrole nitrogens is 1. The molecule has 0 bridgehead atoms. The Hall–Kier alpha value is -4.74. The zero-order chi connectivity index (χ0) is 43.4. The number of allylic oxidation sites excluding steroid dienone is 1. The molecule has 3 aliphatic heterocycles. The van der Waals surface area contributed by atoms with Crippen LogP contribution in [0.5, 0.6) is 5.75 Å². The number of carbonyl (C=O) groups excluding carboxylic acids is 3. The van der Waals surface area contributed by atoms with Crippen LogP contribution in [-0.2, 0) is 37.7 Å². The Morgan fingerprint density at radius 3 is 2.16 bits per heavy atom. The van der Waals surface area contributed by atoms with E-state index in [0.717, 1.165) is 41.6 Å². The average Bonchev–Trinajstić information content (AvgIpc) is 3.50. The second kappa shape index (κ2) is 17.6. The summed E-state index contributed by atoms with van der Waals surface area (Å²) in [7, 11) is -4.58. The number of nitrogens with zero attached hydrogens (tertiary/aromatic N) is 2. The Balaban J connectivity index is 0.000000311. The van der Waals surface area contributed by atoms with Gasteiger partial charge < -0.3 is 44.3 Å². The fraction of sp³-hybridized carbons (Fsp3) is 0.457. The maximum Gasteiger partial charge on any atom is 0.459 e. The number of aromatic amines is 1. The molecule has 7 N–H and O–H groups in total. The summed E-state index contributed by atoms with van der Waals surface area (Å²) in [6.07, 6.45) is -4.43. The Kier molecular flexibility index (Phi) is 14.0. The number of benzene rings is 1. The Bertz CT molecular complexity index is 2070. The molecule has 0 aliphatic carbocycles. The first-order valence-electron chi connectivity index (χ1n) is 17.2. The summed E-state index contributed by atoms with van der Waals surface area (Å²) in [4.78, 5) is 61.5. The van der Waals surface area contributed by atoms with E-state index in [0.29, 0.717) is 4.57 Å². The molecular formula is C35H43F2N4O16P. The molecule has 5 rings (SSSR count). The highest BCUT2D eigenvalue weighted by Crippen LogP contribution is 2.51. The minimum absolute atomic E-state index is 0.0359. The summed E-state index contributed by atoms with van der Waals surface area (Å²) < 4.78 is 70.2. The van der Waals surface area contributed by atoms with Crippen LogP contribution in [0.1, 0.15) is 33.4 Å². The van der Waals surface area contributed by atoms with E-state index in [1.54, 1.807) is 32.0 Å². The van der Waals surface area contributed by atoms with Gasteiger partial charge in [-0.3, -0.25) is 38.2 Å². The minimum atomic E-state index is -4.58. The highest BCUT2D eigenvalue weighted by Gasteiger charge is 2.66. The predicted molar refractivity (Wildman–Crippen MR) is 193 cm³/mol. The van der Waals surface area contributed by atoms with Gasteiger partial charge in [-0.1, -0.05) is 43.5 Å². The molecule has 4 heterocycles. The quantitative estimate of drug-likeness (QED) is 0.0558. The molecule has 0 saturated carbocycles. The average molecular weight is 845 g/mol. The van der Waals surface area contributed by atoms with Gasteiger partial charge in [-0.2, -0.15) is 5.09 Å². The molecule has 2 aromatic rings. The van der Waals surface area contributed by atoms with E-state index in [1.165, 1.54) is 19.1 Å². The Morgan fingerprint density at radius 2 is 1.60 bits per heavy atom. The molecule has 23 heteroatoms. The normalized spacial score (nSPS) is 32.2. The third-order valence-electron chi connectivity index (χ3n) is 8.82. The van der Waals surface area contributed by atoms with Crippen molar-refractivity contribution in [2.45, 2.75) is 86.9 Å². The van der Waals surface area contributed by atoms with Crippen molar-refractivity contribution in [2.75, 3.05) is 13.2 Å². The molecule has 1 aromatic heterocycles. The number of esters is 1. The van der Waals surface area contributed by atoms with Gasteiger partial charge in [0.1, 0.15) is 25.0 Å². The minimum Gasteiger partial charge on any atom is -0.462 e. The van der Waals surface area contributed by atoms with Crippen LogP contribution in [0.3, 0.4) is 0 Å². The first kappa shape index (κ1) is 46.0. The van der Waals surface area contributed by atoms with E-state index in [4.69, 9.17) is 28.4 Å². The Morgan fingerprint density at radius 1 is 1.02 bits per heavy atom. The van der Waals surface area contributed by atoms with Crippen molar-refractivity contribution in [3.05, 3.63) is 101 Å². The standard InChI is InChI=1S/C23H29FN3O10P.C12H14FNO6/c1-5-22(32)19(30)23(24,36-20(22)27-12-11-17(28)25-21(27)31)13-34-38(33,37-16-9-7-6-8-10-16)26-15(4)18(29)35-14(2)3;1-2-11(19)9(18)12(13,6-15)20-10(11)14-4-3-7(16)5-8(14)17/h5-12,14-15,19-20,30,32H,1,13H2,2-4H3,(H,26,33)(H,25,28,31);2-4,9-10,15,18-19H,1,5-6H2/t15-,19-,20+,22+,23+,38-;9-,10+,11+,12+/m00/s1. The number of aliphatic hydroxyl groups excluding tert-OH is 3. The van der Waals surface area contributed by atoms with Crippen LogP contribution >= 0.6 is 7.75 Å². The monoisotopic (exact) mass is 844 g/mol. The van der Waals surface area contributed by atoms with Crippen LogP contribution in [-0.4, -0.2) is 124 Å². The molecule has 0 spiro atoms. The molecule has 0 radical (unpaired) electrons. The Labute approximate surface area is 328 Å². The smallest absolute Gasteiger partial charge is 0.459 e. The maximum absolute atomic E-state index is 16.0. The number of amides is 1. The van der Waals surface area contributed by atoms with Gasteiger partial charge in [-0.15, -0.1) is 0 Å². The second-order valence-corrected chi connectivity index (χ2v) is 15.1. The number of hydrogen-bond donors (Lipinski definition) is 7. The summed E-state index contributed by atoms with van der Waals surface area (Å²) in [5.74, 6) is -8.15. The molecule has 58 heavy (non-hydrogen) atoms. The predicted octanol–water partition coefficient (Wildman–Crippen LogP) is -0.263. The van der Waals surface area contributed by atoms with E-state index in [9.17, 15) is 53.4 Å². The first-order chi connectivity index (χ1) is 27.0. The number of aliphatic hydroxyl groups is 5. The van der Waals surface area contributed by atoms with E-state index >= 15 is 4.39 Å². The van der Waals surface area contributed by atoms with Gasteiger partial charge in [0, 0.05) is 18.5 Å². The van der Waals surface area contributed by atoms with Crippen molar-refractivity contribution in [1.82, 2.24) is 19.5 Å². The molecule has 0 unspecified atom stereocenters. The van der Waals surface area contributed by atoms with Crippen molar-refractivity contribution in [2.24, 2.45) is 0 Å². The van der Waals surface area contributed by atoms with Crippen LogP contribution in [0.2, 0.25) is 0 Å². The van der Waals surface area contributed by atoms with Crippen LogP contribution in [0, 0.1) is 0 Å². The van der Waals surface area contributed by atoms with Crippen molar-refractivity contribution in [3.8, 4) is 5.75 Å². The zero-order valence-electron chi connectivity index (χ0n) is 31.2. The summed E-state index contributed by atoms with van der Waals surface area (Å²) >= 11 is 0. The van der Waals surface area contributed by atoms with Gasteiger partial charge in [-0.05, 0) is 39.0 Å². The van der Waals surface area contributed by atoms with E-state index in [-0.39, 0.29) is 5.75 Å². The van der Waals surface area contributed by atoms with E-state index < -0.39 is 116 Å². The largest absolute Gasteiger partial charge is 0.462 e. The number of carbonyl (C=O) groups is 3. The molecule has 1 amide bonds. The van der Waals surface area contributed by atoms with Crippen LogP contribution in [0.4, 0.5) is 8.78 Å². The van der Waals surface area contributed by atoms with Gasteiger partial charge in [0.25, 0.3) is 17.3 Å². The molecule has 1 aromatic carbocycles. The van der Waals surface area contributed by atoms with Gasteiger partial charge in [-0.25, -0.2) is 18.1 Å². The van der Waals surface area contributed by atoms with Gasteiger partial charge in [0.05, 0.1) is 12.5 Å². The number of hydrogen-bond acceptors (Lipinski definition) is 16. The lowest BCUT2D eigenvalue weighted by molar-refractivity contribution is -0.212. The van der Waals surface area contributed by atoms with Gasteiger partial charge >= 0.3 is 19.4 Å². The number of alkyl halides is 2. The zero-order valence-corrected chi connectivity index (χ0v) is 32.1. The van der Waals surface area contributed by atoms with Crippen molar-refractivity contribution in [3.63, 3.8) is 0 Å². The van der Waals surface area contributed by atoms with Crippen LogP contribution in [0.25, 0.3) is 0 Å². The fourth-order valence-corrected chi connectivity index (χ4v) is 7.25. The van der Waals surface area contributed by atoms with Gasteiger partial charge in [0.15, 0.2) is 41.6 Å². The number of para-hydroxylation sites is 1. The maximum atomic E-state index is 16.0. The lowest BCUT2D eigenvalue weighted by Gasteiger charge is -2.34. The summed E-state index contributed by atoms with van der Waals surface area (Å²) in [6.45, 7) is 8.67. The lowest BCUT2D eigenvalue weighted by Crippen LogP contribution is -2.55. The number of rotatable bonds is 14. The topological polar surface area (TPSA) is 286 Å². The lowest BCUT2D eigenvalue weighted by atomic mass is 9.92. The third kappa shape index (κ3) is 9.42. The molecule has 3 aliphatic rings. The molecule has 318 valence electrons. The number of nitrogens with one attached hydrogen (secondary N) is 2. The highest BCUT2D eigenvalue weighted by molar-refractivity contribution is 7.52. The van der Waals surface area contributed by atoms with E-state index in [1.807, 2.05) is 4.98 Å². The first-order valence-corrected chi connectivity index (χ1v) is 18.8. The molecule has 10 atom stereocenters. The van der Waals surface area contributed by atoms with Crippen molar-refractivity contribution < 1.29 is 76.5 Å². The number of aromatic nitrogens is 2. The SMILES string of the molecule is C=C[C@]1(O)[C@H](N2C=CC(=O)CC2=O)O[C@](F)(CO)[C@H]1O.C=C[C@]1(O)[C@H](n2ccc(=O)[nH]c2=O)O[C@](F)(CO[P@@](=O)(N[C@@H](C)C(=O)OC(C)C)Oc2ccccc2)[C@H]1O. The van der Waals surface area contributed by atoms with Crippen LogP contribution in [0.15, 0.2) is 89.8 Å². The van der Waals surface area contributed by atoms with Gasteiger partial charge in [0.2, 0.25) is 5.91 Å². The number of ketones is 1. The second-order valence-electron chi connectivity index (χ2n) is 13.4. The molecular weight excluding hydrogens is 801 g/mol.